The van der Waals surface area contributed by atoms with Crippen LogP contribution in [-0.4, -0.2) is 29.4 Å². The molecule has 7 heteroatoms. The van der Waals surface area contributed by atoms with Crippen molar-refractivity contribution in [3.05, 3.63) is 70.0 Å². The number of methoxy groups -OCH3 is 1. The lowest BCUT2D eigenvalue weighted by Gasteiger charge is -2.26. The number of fused-ring (bicyclic) bond motifs is 1. The molecular weight excluding hydrogens is 348 g/mol. The van der Waals surface area contributed by atoms with Crippen LogP contribution in [0.5, 0.6) is 5.75 Å². The molecular formula is C20H20N2O5. The lowest BCUT2D eigenvalue weighted by molar-refractivity contribution is -0.385. The van der Waals surface area contributed by atoms with Crippen molar-refractivity contribution >= 4 is 22.6 Å². The number of furan rings is 1. The van der Waals surface area contributed by atoms with Gasteiger partial charge in [0.1, 0.15) is 11.3 Å². The minimum Gasteiger partial charge on any atom is -0.490 e. The summed E-state index contributed by atoms with van der Waals surface area (Å²) in [4.78, 5) is 25.3. The molecule has 1 amide bonds. The Morgan fingerprint density at radius 1 is 1.26 bits per heavy atom. The maximum absolute atomic E-state index is 13.0. The van der Waals surface area contributed by atoms with Gasteiger partial charge in [-0.3, -0.25) is 14.9 Å². The Hall–Kier alpha value is -3.35. The van der Waals surface area contributed by atoms with E-state index in [2.05, 4.69) is 0 Å². The topological polar surface area (TPSA) is 85.8 Å². The van der Waals surface area contributed by atoms with Gasteiger partial charge in [-0.05, 0) is 38.1 Å². The van der Waals surface area contributed by atoms with Crippen molar-refractivity contribution in [2.45, 2.75) is 19.9 Å². The van der Waals surface area contributed by atoms with Crippen molar-refractivity contribution in [2.75, 3.05) is 13.7 Å². The Kier molecular flexibility index (Phi) is 5.12. The van der Waals surface area contributed by atoms with Gasteiger partial charge in [-0.2, -0.15) is 0 Å². The normalized spacial score (nSPS) is 12.0. The maximum Gasteiger partial charge on any atom is 0.311 e. The number of amides is 1. The molecule has 0 radical (unpaired) electrons. The predicted molar refractivity (Wildman–Crippen MR) is 101 cm³/mol. The van der Waals surface area contributed by atoms with E-state index >= 15 is 0 Å². The number of carbonyl (C=O) groups excluding carboxylic acids is 1. The van der Waals surface area contributed by atoms with E-state index < -0.39 is 4.92 Å². The molecule has 3 rings (SSSR count). The number of nitro groups is 1. The average molecular weight is 368 g/mol. The van der Waals surface area contributed by atoms with E-state index in [0.29, 0.717) is 12.3 Å². The smallest absolute Gasteiger partial charge is 0.311 e. The fraction of sp³-hybridized carbons (Fsp3) is 0.250. The highest BCUT2D eigenvalue weighted by molar-refractivity contribution is 5.95. The standard InChI is InChI=1S/C20H20N2O5/c1-4-21(13(2)19-12-14-7-5-6-8-17(14)27-19)20(23)15-9-10-18(26-3)16(11-15)22(24)25/h5-13H,4H2,1-3H3. The zero-order chi connectivity index (χ0) is 19.6. The summed E-state index contributed by atoms with van der Waals surface area (Å²) in [6.07, 6.45) is 0. The molecule has 1 aromatic heterocycles. The molecule has 0 aliphatic rings. The molecule has 0 bridgehead atoms. The quantitative estimate of drug-likeness (QED) is 0.470. The van der Waals surface area contributed by atoms with E-state index in [1.165, 1.54) is 25.3 Å². The summed E-state index contributed by atoms with van der Waals surface area (Å²) in [5.41, 5.74) is 0.742. The minimum atomic E-state index is -0.561. The number of ether oxygens (including phenoxy) is 1. The Labute approximate surface area is 156 Å². The SMILES string of the molecule is CCN(C(=O)c1ccc(OC)c([N+](=O)[O-])c1)C(C)c1cc2ccccc2o1. The molecule has 0 N–H and O–H groups in total. The molecule has 0 aliphatic heterocycles. The summed E-state index contributed by atoms with van der Waals surface area (Å²) < 4.78 is 10.9. The lowest BCUT2D eigenvalue weighted by Crippen LogP contribution is -2.33. The summed E-state index contributed by atoms with van der Waals surface area (Å²) >= 11 is 0. The van der Waals surface area contributed by atoms with Crippen molar-refractivity contribution in [1.82, 2.24) is 4.90 Å². The number of hydrogen-bond donors (Lipinski definition) is 0. The molecule has 0 fully saturated rings. The van der Waals surface area contributed by atoms with Gasteiger partial charge in [0.25, 0.3) is 5.91 Å². The molecule has 2 aromatic carbocycles. The van der Waals surface area contributed by atoms with E-state index in [1.807, 2.05) is 44.2 Å². The Morgan fingerprint density at radius 2 is 2.00 bits per heavy atom. The summed E-state index contributed by atoms with van der Waals surface area (Å²) in [6, 6.07) is 13.4. The molecule has 0 saturated heterocycles. The number of nitrogens with zero attached hydrogens (tertiary/aromatic N) is 2. The highest BCUT2D eigenvalue weighted by Crippen LogP contribution is 2.31. The van der Waals surface area contributed by atoms with Crippen molar-refractivity contribution in [1.29, 1.82) is 0 Å². The van der Waals surface area contributed by atoms with Crippen LogP contribution < -0.4 is 4.74 Å². The first kappa shape index (κ1) is 18.4. The van der Waals surface area contributed by atoms with Gasteiger partial charge in [-0.1, -0.05) is 18.2 Å². The maximum atomic E-state index is 13.0. The number of para-hydroxylation sites is 1. The number of hydrogen-bond acceptors (Lipinski definition) is 5. The zero-order valence-electron chi connectivity index (χ0n) is 15.3. The molecule has 0 aliphatic carbocycles. The molecule has 7 nitrogen and oxygen atoms in total. The minimum absolute atomic E-state index is 0.116. The molecule has 3 aromatic rings. The van der Waals surface area contributed by atoms with Crippen LogP contribution in [-0.2, 0) is 0 Å². The second-order valence-electron chi connectivity index (χ2n) is 6.10. The van der Waals surface area contributed by atoms with Crippen molar-refractivity contribution in [3.8, 4) is 5.75 Å². The van der Waals surface area contributed by atoms with Gasteiger partial charge in [0.15, 0.2) is 5.75 Å². The first-order chi connectivity index (χ1) is 13.0. The summed E-state index contributed by atoms with van der Waals surface area (Å²) in [6.45, 7) is 4.16. The van der Waals surface area contributed by atoms with Crippen LogP contribution in [0.25, 0.3) is 11.0 Å². The molecule has 1 atom stereocenters. The van der Waals surface area contributed by atoms with Crippen LogP contribution in [0.4, 0.5) is 5.69 Å². The number of rotatable bonds is 6. The lowest BCUT2D eigenvalue weighted by atomic mass is 10.1. The third-order valence-corrected chi connectivity index (χ3v) is 4.55. The Balaban J connectivity index is 1.93. The fourth-order valence-corrected chi connectivity index (χ4v) is 3.09. The fourth-order valence-electron chi connectivity index (χ4n) is 3.09. The van der Waals surface area contributed by atoms with E-state index in [9.17, 15) is 14.9 Å². The largest absolute Gasteiger partial charge is 0.490 e. The first-order valence-electron chi connectivity index (χ1n) is 8.58. The third kappa shape index (κ3) is 3.48. The molecule has 0 saturated carbocycles. The summed E-state index contributed by atoms with van der Waals surface area (Å²) in [5.74, 6) is 0.468. The van der Waals surface area contributed by atoms with Crippen LogP contribution in [0.2, 0.25) is 0 Å². The van der Waals surface area contributed by atoms with Gasteiger partial charge < -0.3 is 14.1 Å². The molecule has 1 heterocycles. The van der Waals surface area contributed by atoms with E-state index in [4.69, 9.17) is 9.15 Å². The predicted octanol–water partition coefficient (Wildman–Crippen LogP) is 4.57. The zero-order valence-corrected chi connectivity index (χ0v) is 15.3. The van der Waals surface area contributed by atoms with Gasteiger partial charge >= 0.3 is 5.69 Å². The molecule has 27 heavy (non-hydrogen) atoms. The van der Waals surface area contributed by atoms with Crippen molar-refractivity contribution in [3.63, 3.8) is 0 Å². The summed E-state index contributed by atoms with van der Waals surface area (Å²) in [5, 5.41) is 12.2. The second kappa shape index (κ2) is 7.49. The Morgan fingerprint density at radius 3 is 2.63 bits per heavy atom. The highest BCUT2D eigenvalue weighted by atomic mass is 16.6. The van der Waals surface area contributed by atoms with Gasteiger partial charge in [-0.25, -0.2) is 0 Å². The van der Waals surface area contributed by atoms with Crippen LogP contribution in [0.1, 0.15) is 36.0 Å². The van der Waals surface area contributed by atoms with E-state index in [1.54, 1.807) is 4.90 Å². The second-order valence-corrected chi connectivity index (χ2v) is 6.10. The third-order valence-electron chi connectivity index (χ3n) is 4.55. The van der Waals surface area contributed by atoms with Gasteiger partial charge in [-0.15, -0.1) is 0 Å². The van der Waals surface area contributed by atoms with Crippen LogP contribution in [0, 0.1) is 10.1 Å². The van der Waals surface area contributed by atoms with Crippen molar-refractivity contribution in [2.24, 2.45) is 0 Å². The van der Waals surface area contributed by atoms with Gasteiger partial charge in [0.2, 0.25) is 0 Å². The number of nitro benzene ring substituents is 1. The molecule has 140 valence electrons. The summed E-state index contributed by atoms with van der Waals surface area (Å²) in [7, 11) is 1.35. The molecule has 0 spiro atoms. The Bertz CT molecular complexity index is 962. The van der Waals surface area contributed by atoms with E-state index in [0.717, 1.165) is 11.0 Å². The highest BCUT2D eigenvalue weighted by Gasteiger charge is 2.26. The van der Waals surface area contributed by atoms with Crippen LogP contribution >= 0.6 is 0 Å². The van der Waals surface area contributed by atoms with Crippen LogP contribution in [0.3, 0.4) is 0 Å². The molecule has 1 unspecified atom stereocenters. The van der Waals surface area contributed by atoms with E-state index in [-0.39, 0.29) is 28.9 Å². The number of carbonyl (C=O) groups is 1. The first-order valence-corrected chi connectivity index (χ1v) is 8.58. The van der Waals surface area contributed by atoms with Crippen molar-refractivity contribution < 1.29 is 18.9 Å². The van der Waals surface area contributed by atoms with Gasteiger partial charge in [0.05, 0.1) is 18.1 Å². The van der Waals surface area contributed by atoms with Gasteiger partial charge in [0, 0.05) is 23.6 Å². The monoisotopic (exact) mass is 368 g/mol. The average Bonchev–Trinajstić information content (AvgIpc) is 3.12. The number of benzene rings is 2. The van der Waals surface area contributed by atoms with Crippen LogP contribution in [0.15, 0.2) is 52.9 Å².